The van der Waals surface area contributed by atoms with Crippen LogP contribution in [0.1, 0.15) is 38.8 Å². The first-order valence-corrected chi connectivity index (χ1v) is 10.4. The van der Waals surface area contributed by atoms with E-state index in [1.54, 1.807) is 0 Å². The molecule has 2 aromatic heterocycles. The predicted octanol–water partition coefficient (Wildman–Crippen LogP) is 2.95. The molecule has 2 aromatic rings. The van der Waals surface area contributed by atoms with Crippen molar-refractivity contribution in [2.45, 2.75) is 44.8 Å². The first-order chi connectivity index (χ1) is 13.6. The van der Waals surface area contributed by atoms with Crippen molar-refractivity contribution in [2.75, 3.05) is 31.1 Å². The van der Waals surface area contributed by atoms with Gasteiger partial charge in [-0.3, -0.25) is 4.79 Å². The molecule has 2 fully saturated rings. The molecule has 0 bridgehead atoms. The second-order valence-corrected chi connectivity index (χ2v) is 8.66. The average molecular weight is 380 g/mol. The molecule has 5 rings (SSSR count). The molecule has 0 aromatic carbocycles. The molecule has 1 amide bonds. The number of anilines is 1. The highest BCUT2D eigenvalue weighted by Gasteiger charge is 2.51. The van der Waals surface area contributed by atoms with Crippen molar-refractivity contribution < 1.29 is 9.53 Å². The van der Waals surface area contributed by atoms with Gasteiger partial charge in [-0.05, 0) is 49.4 Å². The summed E-state index contributed by atoms with van der Waals surface area (Å²) in [5.74, 6) is 1.65. The minimum absolute atomic E-state index is 0.161. The molecule has 148 valence electrons. The summed E-state index contributed by atoms with van der Waals surface area (Å²) in [6, 6.07) is 8.47. The van der Waals surface area contributed by atoms with Crippen LogP contribution in [-0.4, -0.2) is 52.7 Å². The Morgan fingerprint density at radius 3 is 3.04 bits per heavy atom. The Balaban J connectivity index is 1.56. The van der Waals surface area contributed by atoms with Crippen LogP contribution in [-0.2, 0) is 15.1 Å². The molecule has 2 atom stereocenters. The first kappa shape index (κ1) is 17.7. The minimum atomic E-state index is -0.252. The fourth-order valence-electron chi connectivity index (χ4n) is 5.12. The van der Waals surface area contributed by atoms with Gasteiger partial charge in [0, 0.05) is 38.6 Å². The zero-order valence-electron chi connectivity index (χ0n) is 16.7. The number of amides is 1. The van der Waals surface area contributed by atoms with E-state index in [0.29, 0.717) is 19.1 Å². The van der Waals surface area contributed by atoms with Gasteiger partial charge in [0.1, 0.15) is 11.6 Å². The van der Waals surface area contributed by atoms with Gasteiger partial charge in [-0.2, -0.15) is 0 Å². The molecule has 0 radical (unpaired) electrons. The van der Waals surface area contributed by atoms with Crippen LogP contribution in [0.3, 0.4) is 0 Å². The molecule has 3 aliphatic rings. The van der Waals surface area contributed by atoms with Gasteiger partial charge in [-0.25, -0.2) is 4.98 Å². The van der Waals surface area contributed by atoms with Gasteiger partial charge < -0.3 is 19.1 Å². The van der Waals surface area contributed by atoms with Crippen molar-refractivity contribution in [1.82, 2.24) is 14.5 Å². The van der Waals surface area contributed by atoms with E-state index >= 15 is 0 Å². The Kier molecular flexibility index (Phi) is 4.19. The molecule has 6 nitrogen and oxygen atoms in total. The van der Waals surface area contributed by atoms with Gasteiger partial charge in [0.15, 0.2) is 5.82 Å². The van der Waals surface area contributed by atoms with Crippen molar-refractivity contribution in [3.05, 3.63) is 42.4 Å². The van der Waals surface area contributed by atoms with E-state index in [2.05, 4.69) is 52.7 Å². The molecule has 28 heavy (non-hydrogen) atoms. The number of nitrogens with zero attached hydrogens (tertiary/aromatic N) is 4. The number of aromatic nitrogens is 2. The van der Waals surface area contributed by atoms with Crippen molar-refractivity contribution >= 4 is 11.6 Å². The van der Waals surface area contributed by atoms with Crippen LogP contribution in [0.25, 0.3) is 5.82 Å². The predicted molar refractivity (Wildman–Crippen MR) is 108 cm³/mol. The standard InChI is InChI=1S/C22H28N4O2/c1-16(2)14-26-17-6-3-10-23-20(17)25-11-4-8-19(25)22(26)9-12-24(15-22)21(27)18-7-5-13-28-18/h3-4,6,8,10-11,16,18H,5,7,9,12-15H2,1-2H3/t18-,22+/m1/s1. The monoisotopic (exact) mass is 380 g/mol. The molecule has 0 aliphatic carbocycles. The highest BCUT2D eigenvalue weighted by atomic mass is 16.5. The van der Waals surface area contributed by atoms with Crippen LogP contribution in [0, 0.1) is 5.92 Å². The summed E-state index contributed by atoms with van der Waals surface area (Å²) >= 11 is 0. The third-order valence-electron chi connectivity index (χ3n) is 6.34. The maximum Gasteiger partial charge on any atom is 0.251 e. The number of likely N-dealkylation sites (tertiary alicyclic amines) is 1. The van der Waals surface area contributed by atoms with Gasteiger partial charge in [-0.1, -0.05) is 13.8 Å². The highest BCUT2D eigenvalue weighted by molar-refractivity contribution is 5.82. The van der Waals surface area contributed by atoms with Crippen LogP contribution >= 0.6 is 0 Å². The summed E-state index contributed by atoms with van der Waals surface area (Å²) < 4.78 is 7.90. The third-order valence-corrected chi connectivity index (χ3v) is 6.34. The Bertz CT molecular complexity index is 886. The third kappa shape index (κ3) is 2.58. The smallest absolute Gasteiger partial charge is 0.251 e. The summed E-state index contributed by atoms with van der Waals surface area (Å²) in [4.78, 5) is 22.3. The Morgan fingerprint density at radius 2 is 2.25 bits per heavy atom. The number of carbonyl (C=O) groups excluding carboxylic acids is 1. The number of carbonyl (C=O) groups is 1. The molecule has 6 heteroatoms. The van der Waals surface area contributed by atoms with Crippen molar-refractivity contribution in [2.24, 2.45) is 5.92 Å². The number of fused-ring (bicyclic) bond motifs is 4. The van der Waals surface area contributed by atoms with E-state index in [-0.39, 0.29) is 17.6 Å². The van der Waals surface area contributed by atoms with Crippen LogP contribution in [0.4, 0.5) is 5.69 Å². The maximum atomic E-state index is 13.1. The normalized spacial score (nSPS) is 26.2. The van der Waals surface area contributed by atoms with E-state index in [1.165, 1.54) is 5.69 Å². The molecular weight excluding hydrogens is 352 g/mol. The largest absolute Gasteiger partial charge is 0.368 e. The molecule has 3 aliphatic heterocycles. The zero-order valence-corrected chi connectivity index (χ0v) is 16.7. The number of pyridine rings is 1. The number of hydrogen-bond donors (Lipinski definition) is 0. The van der Waals surface area contributed by atoms with E-state index < -0.39 is 0 Å². The average Bonchev–Trinajstić information content (AvgIpc) is 3.45. The first-order valence-electron chi connectivity index (χ1n) is 10.4. The Hall–Kier alpha value is -2.34. The van der Waals surface area contributed by atoms with Crippen LogP contribution in [0.5, 0.6) is 0 Å². The Morgan fingerprint density at radius 1 is 1.36 bits per heavy atom. The van der Waals surface area contributed by atoms with Crippen molar-refractivity contribution in [1.29, 1.82) is 0 Å². The summed E-state index contributed by atoms with van der Waals surface area (Å²) in [6.07, 6.45) is 6.46. The molecule has 5 heterocycles. The maximum absolute atomic E-state index is 13.1. The molecule has 0 saturated carbocycles. The summed E-state index contributed by atoms with van der Waals surface area (Å²) in [5.41, 5.74) is 2.19. The number of hydrogen-bond acceptors (Lipinski definition) is 4. The minimum Gasteiger partial charge on any atom is -0.368 e. The van der Waals surface area contributed by atoms with Gasteiger partial charge >= 0.3 is 0 Å². The lowest BCUT2D eigenvalue weighted by Gasteiger charge is -2.48. The fraction of sp³-hybridized carbons (Fsp3) is 0.545. The number of ether oxygens (including phenoxy) is 1. The second-order valence-electron chi connectivity index (χ2n) is 8.66. The SMILES string of the molecule is CC(C)CN1c2cccnc2-n2cccc2[C@@]12CCN(C(=O)[C@H]1CCCO1)C2. The molecule has 2 saturated heterocycles. The lowest BCUT2D eigenvalue weighted by atomic mass is 9.88. The van der Waals surface area contributed by atoms with Crippen molar-refractivity contribution in [3.63, 3.8) is 0 Å². The lowest BCUT2D eigenvalue weighted by molar-refractivity contribution is -0.140. The van der Waals surface area contributed by atoms with E-state index in [1.807, 2.05) is 17.2 Å². The number of rotatable bonds is 3. The topological polar surface area (TPSA) is 50.6 Å². The zero-order chi connectivity index (χ0) is 19.3. The molecule has 1 spiro atoms. The van der Waals surface area contributed by atoms with Gasteiger partial charge in [0.25, 0.3) is 5.91 Å². The molecule has 0 unspecified atom stereocenters. The van der Waals surface area contributed by atoms with E-state index in [0.717, 1.165) is 43.9 Å². The van der Waals surface area contributed by atoms with Crippen LogP contribution < -0.4 is 4.90 Å². The van der Waals surface area contributed by atoms with E-state index in [4.69, 9.17) is 4.74 Å². The molecular formula is C22H28N4O2. The van der Waals surface area contributed by atoms with E-state index in [9.17, 15) is 4.79 Å². The second kappa shape index (κ2) is 6.62. The quantitative estimate of drug-likeness (QED) is 0.822. The van der Waals surface area contributed by atoms with Gasteiger partial charge in [-0.15, -0.1) is 0 Å². The Labute approximate surface area is 166 Å². The van der Waals surface area contributed by atoms with Crippen LogP contribution in [0.15, 0.2) is 36.7 Å². The fourth-order valence-corrected chi connectivity index (χ4v) is 5.12. The van der Waals surface area contributed by atoms with Gasteiger partial charge in [0.2, 0.25) is 0 Å². The highest BCUT2D eigenvalue weighted by Crippen LogP contribution is 2.47. The summed E-state index contributed by atoms with van der Waals surface area (Å²) in [6.45, 7) is 7.62. The van der Waals surface area contributed by atoms with Crippen molar-refractivity contribution in [3.8, 4) is 5.82 Å². The van der Waals surface area contributed by atoms with Crippen LogP contribution in [0.2, 0.25) is 0 Å². The van der Waals surface area contributed by atoms with Gasteiger partial charge in [0.05, 0.1) is 11.4 Å². The summed E-state index contributed by atoms with van der Waals surface area (Å²) in [7, 11) is 0. The summed E-state index contributed by atoms with van der Waals surface area (Å²) in [5, 5.41) is 0. The lowest BCUT2D eigenvalue weighted by Crippen LogP contribution is -2.54. The molecule has 0 N–H and O–H groups in total.